The topological polar surface area (TPSA) is 47.6 Å². The Hall–Kier alpha value is -1.53. The summed E-state index contributed by atoms with van der Waals surface area (Å²) >= 11 is 7.09. The van der Waals surface area contributed by atoms with E-state index in [0.29, 0.717) is 24.3 Å². The van der Waals surface area contributed by atoms with Gasteiger partial charge < -0.3 is 14.8 Å². The molecule has 0 atom stereocenters. The number of hydrogen-bond acceptors (Lipinski definition) is 3. The Kier molecular flexibility index (Phi) is 8.64. The second-order valence-electron chi connectivity index (χ2n) is 6.26. The molecule has 0 unspecified atom stereocenters. The summed E-state index contributed by atoms with van der Waals surface area (Å²) in [4.78, 5) is 12.4. The van der Waals surface area contributed by atoms with Crippen molar-refractivity contribution in [1.82, 2.24) is 0 Å². The molecule has 0 saturated heterocycles. The van der Waals surface area contributed by atoms with Crippen LogP contribution in [0.4, 0.5) is 5.69 Å². The Morgan fingerprint density at radius 1 is 1.00 bits per heavy atom. The van der Waals surface area contributed by atoms with Gasteiger partial charge in [-0.1, -0.05) is 35.3 Å². The van der Waals surface area contributed by atoms with E-state index in [1.807, 2.05) is 18.2 Å². The van der Waals surface area contributed by atoms with Crippen molar-refractivity contribution in [1.29, 1.82) is 0 Å². The Labute approximate surface area is 177 Å². The minimum absolute atomic E-state index is 0.0290. The predicted molar refractivity (Wildman–Crippen MR) is 117 cm³/mol. The number of nitrogens with one attached hydrogen (secondary N) is 1. The van der Waals surface area contributed by atoms with Gasteiger partial charge in [0.05, 0.1) is 19.9 Å². The van der Waals surface area contributed by atoms with Crippen LogP contribution in [-0.4, -0.2) is 20.1 Å². The number of rotatable bonds is 9. The Bertz CT molecular complexity index is 793. The maximum atomic E-state index is 12.4. The molecule has 0 spiro atoms. The van der Waals surface area contributed by atoms with Gasteiger partial charge >= 0.3 is 0 Å². The molecule has 27 heavy (non-hydrogen) atoms. The van der Waals surface area contributed by atoms with Crippen molar-refractivity contribution in [3.63, 3.8) is 0 Å². The molecule has 0 bridgehead atoms. The van der Waals surface area contributed by atoms with Crippen LogP contribution in [0, 0.1) is 0 Å². The molecule has 0 radical (unpaired) electrons. The third-order valence-electron chi connectivity index (χ3n) is 4.30. The molecule has 2 aromatic carbocycles. The van der Waals surface area contributed by atoms with Gasteiger partial charge in [-0.15, -0.1) is 0 Å². The Morgan fingerprint density at radius 2 is 1.70 bits per heavy atom. The van der Waals surface area contributed by atoms with E-state index in [1.165, 1.54) is 18.4 Å². The number of hydrogen-bond donors (Lipinski definition) is 1. The molecular weight excluding hydrogens is 474 g/mol. The van der Waals surface area contributed by atoms with Crippen molar-refractivity contribution in [3.8, 4) is 11.5 Å². The third kappa shape index (κ3) is 6.25. The molecule has 0 aliphatic carbocycles. The number of anilines is 1. The molecule has 0 fully saturated rings. The lowest BCUT2D eigenvalue weighted by atomic mass is 10.1. The average molecular weight is 499 g/mol. The summed E-state index contributed by atoms with van der Waals surface area (Å²) in [6.07, 6.45) is 4.36. The van der Waals surface area contributed by atoms with Gasteiger partial charge in [-0.05, 0) is 70.6 Å². The number of carbonyl (C=O) groups is 1. The van der Waals surface area contributed by atoms with Gasteiger partial charge in [0, 0.05) is 15.4 Å². The first-order valence-electron chi connectivity index (χ1n) is 8.97. The molecule has 0 aliphatic rings. The second-order valence-corrected chi connectivity index (χ2v) is 7.97. The maximum absolute atomic E-state index is 12.4. The molecule has 1 N–H and O–H groups in total. The molecule has 0 heterocycles. The minimum Gasteiger partial charge on any atom is -0.493 e. The molecule has 0 saturated carbocycles. The fourth-order valence-corrected chi connectivity index (χ4v) is 3.79. The van der Waals surface area contributed by atoms with Crippen LogP contribution in [0.1, 0.15) is 37.3 Å². The van der Waals surface area contributed by atoms with Crippen molar-refractivity contribution >= 4 is 43.5 Å². The molecule has 2 rings (SSSR count). The number of benzene rings is 2. The lowest BCUT2D eigenvalue weighted by molar-refractivity contribution is -0.116. The van der Waals surface area contributed by atoms with Gasteiger partial charge in [-0.3, -0.25) is 4.79 Å². The summed E-state index contributed by atoms with van der Waals surface area (Å²) in [7, 11) is 3.20. The molecule has 2 aromatic rings. The largest absolute Gasteiger partial charge is 0.493 e. The zero-order valence-electron chi connectivity index (χ0n) is 15.9. The van der Waals surface area contributed by atoms with Crippen molar-refractivity contribution in [2.24, 2.45) is 0 Å². The smallest absolute Gasteiger partial charge is 0.224 e. The van der Waals surface area contributed by atoms with E-state index < -0.39 is 0 Å². The van der Waals surface area contributed by atoms with Crippen LogP contribution in [0.15, 0.2) is 39.3 Å². The van der Waals surface area contributed by atoms with Crippen LogP contribution in [0.3, 0.4) is 0 Å². The van der Waals surface area contributed by atoms with Crippen LogP contribution in [-0.2, 0) is 17.6 Å². The molecule has 6 heteroatoms. The lowest BCUT2D eigenvalue weighted by Gasteiger charge is -2.12. The number of methoxy groups -OCH3 is 2. The normalized spacial score (nSPS) is 10.6. The van der Waals surface area contributed by atoms with Crippen molar-refractivity contribution in [3.05, 3.63) is 50.4 Å². The summed E-state index contributed by atoms with van der Waals surface area (Å²) in [5.74, 6) is 1.28. The highest BCUT2D eigenvalue weighted by molar-refractivity contribution is 9.10. The highest BCUT2D eigenvalue weighted by atomic mass is 79.9. The number of ether oxygens (including phenoxy) is 2. The highest BCUT2D eigenvalue weighted by Gasteiger charge is 2.12. The summed E-state index contributed by atoms with van der Waals surface area (Å²) < 4.78 is 12.4. The quantitative estimate of drug-likeness (QED) is 0.451. The van der Waals surface area contributed by atoms with Gasteiger partial charge in [0.25, 0.3) is 0 Å². The van der Waals surface area contributed by atoms with Crippen LogP contribution in [0.2, 0.25) is 0 Å². The number of aryl methyl sites for hydroxylation is 2. The van der Waals surface area contributed by atoms with Gasteiger partial charge in [-0.2, -0.15) is 0 Å². The molecule has 0 aromatic heterocycles. The molecular formula is C21H25Br2NO3. The van der Waals surface area contributed by atoms with Crippen LogP contribution in [0.5, 0.6) is 11.5 Å². The minimum atomic E-state index is -0.0290. The fraction of sp³-hybridized carbons (Fsp3) is 0.381. The zero-order valence-corrected chi connectivity index (χ0v) is 19.1. The summed E-state index contributed by atoms with van der Waals surface area (Å²) in [5.41, 5.74) is 3.07. The monoisotopic (exact) mass is 497 g/mol. The van der Waals surface area contributed by atoms with E-state index in [9.17, 15) is 4.79 Å². The van der Waals surface area contributed by atoms with E-state index in [1.54, 1.807) is 14.2 Å². The van der Waals surface area contributed by atoms with Crippen molar-refractivity contribution in [2.75, 3.05) is 19.5 Å². The molecule has 146 valence electrons. The van der Waals surface area contributed by atoms with Crippen molar-refractivity contribution < 1.29 is 14.3 Å². The van der Waals surface area contributed by atoms with Crippen LogP contribution in [0.25, 0.3) is 0 Å². The summed E-state index contributed by atoms with van der Waals surface area (Å²) in [6.45, 7) is 2.18. The highest BCUT2D eigenvalue weighted by Crippen LogP contribution is 2.34. The molecule has 1 amide bonds. The first-order chi connectivity index (χ1) is 13.0. The first kappa shape index (κ1) is 21.8. The maximum Gasteiger partial charge on any atom is 0.224 e. The van der Waals surface area contributed by atoms with E-state index >= 15 is 0 Å². The third-order valence-corrected chi connectivity index (χ3v) is 5.69. The number of amides is 1. The van der Waals surface area contributed by atoms with Gasteiger partial charge in [-0.25, -0.2) is 0 Å². The van der Waals surface area contributed by atoms with Gasteiger partial charge in [0.15, 0.2) is 11.5 Å². The van der Waals surface area contributed by atoms with Gasteiger partial charge in [0.1, 0.15) is 0 Å². The standard InChI is InChI=1S/C21H25Br2NO3/c1-4-5-6-14-7-9-18(17(23)11-14)24-21(25)10-8-15-12-19(26-2)20(27-3)13-16(15)22/h7,9,11-13H,4-6,8,10H2,1-3H3,(H,24,25). The summed E-state index contributed by atoms with van der Waals surface area (Å²) in [6, 6.07) is 9.86. The van der Waals surface area contributed by atoms with Gasteiger partial charge in [0.2, 0.25) is 5.91 Å². The zero-order chi connectivity index (χ0) is 19.8. The van der Waals surface area contributed by atoms with Crippen LogP contribution < -0.4 is 14.8 Å². The van der Waals surface area contributed by atoms with Crippen LogP contribution >= 0.6 is 31.9 Å². The fourth-order valence-electron chi connectivity index (χ4n) is 2.75. The lowest BCUT2D eigenvalue weighted by Crippen LogP contribution is -2.13. The number of unbranched alkanes of at least 4 members (excludes halogenated alkanes) is 1. The predicted octanol–water partition coefficient (Wildman–Crippen LogP) is 6.14. The Morgan fingerprint density at radius 3 is 2.33 bits per heavy atom. The Balaban J connectivity index is 1.98. The average Bonchev–Trinajstić information content (AvgIpc) is 2.66. The molecule has 4 nitrogen and oxygen atoms in total. The molecule has 0 aliphatic heterocycles. The van der Waals surface area contributed by atoms with Crippen molar-refractivity contribution in [2.45, 2.75) is 39.0 Å². The second kappa shape index (κ2) is 10.7. The van der Waals surface area contributed by atoms with E-state index in [4.69, 9.17) is 9.47 Å². The van der Waals surface area contributed by atoms with E-state index in [-0.39, 0.29) is 5.91 Å². The number of halogens is 2. The first-order valence-corrected chi connectivity index (χ1v) is 10.6. The van der Waals surface area contributed by atoms with E-state index in [2.05, 4.69) is 56.2 Å². The van der Waals surface area contributed by atoms with E-state index in [0.717, 1.165) is 26.6 Å². The summed E-state index contributed by atoms with van der Waals surface area (Å²) in [5, 5.41) is 2.98. The SMILES string of the molecule is CCCCc1ccc(NC(=O)CCc2cc(OC)c(OC)cc2Br)c(Br)c1. The number of carbonyl (C=O) groups excluding carboxylic acids is 1.